The van der Waals surface area contributed by atoms with Gasteiger partial charge in [0.15, 0.2) is 0 Å². The monoisotopic (exact) mass is 379 g/mol. The molecule has 3 aromatic heterocycles. The zero-order valence-electron chi connectivity index (χ0n) is 16.1. The van der Waals surface area contributed by atoms with Gasteiger partial charge < -0.3 is 9.88 Å². The van der Waals surface area contributed by atoms with Crippen LogP contribution in [-0.4, -0.2) is 47.3 Å². The maximum absolute atomic E-state index is 13.0. The molecule has 0 saturated heterocycles. The van der Waals surface area contributed by atoms with Crippen LogP contribution >= 0.6 is 0 Å². The Kier molecular flexibility index (Phi) is 4.26. The van der Waals surface area contributed by atoms with Crippen molar-refractivity contribution in [2.45, 2.75) is 51.0 Å². The van der Waals surface area contributed by atoms with Gasteiger partial charge in [0.2, 0.25) is 5.91 Å². The summed E-state index contributed by atoms with van der Waals surface area (Å²) in [5.74, 6) is 0.229. The second-order valence-electron chi connectivity index (χ2n) is 7.88. The van der Waals surface area contributed by atoms with Crippen LogP contribution in [0.5, 0.6) is 0 Å². The molecule has 3 aromatic rings. The average molecular weight is 379 g/mol. The van der Waals surface area contributed by atoms with Crippen LogP contribution in [0.25, 0.3) is 0 Å². The topological polar surface area (TPSA) is 95.5 Å². The van der Waals surface area contributed by atoms with Gasteiger partial charge in [0, 0.05) is 49.8 Å². The van der Waals surface area contributed by atoms with E-state index in [1.54, 1.807) is 11.0 Å². The Hall–Kier alpha value is -2.90. The number of nitrogens with one attached hydrogen (secondary N) is 2. The summed E-state index contributed by atoms with van der Waals surface area (Å²) in [5.41, 5.74) is 6.83. The van der Waals surface area contributed by atoms with Crippen molar-refractivity contribution >= 4 is 5.91 Å². The number of rotatable bonds is 4. The molecule has 4 heterocycles. The first-order valence-electron chi connectivity index (χ1n) is 10.0. The third kappa shape index (κ3) is 3.02. The van der Waals surface area contributed by atoms with E-state index in [-0.39, 0.29) is 11.8 Å². The molecule has 0 saturated carbocycles. The third-order valence-corrected chi connectivity index (χ3v) is 6.03. The molecule has 5 rings (SSSR count). The minimum atomic E-state index is 0.0609. The summed E-state index contributed by atoms with van der Waals surface area (Å²) in [5, 5.41) is 12.0. The number of carbonyl (C=O) groups excluding carboxylic acids is 1. The third-order valence-electron chi connectivity index (χ3n) is 6.03. The molecule has 146 valence electrons. The van der Waals surface area contributed by atoms with Gasteiger partial charge in [-0.25, -0.2) is 4.98 Å². The summed E-state index contributed by atoms with van der Waals surface area (Å²) in [6.07, 6.45) is 11.4. The van der Waals surface area contributed by atoms with E-state index in [9.17, 15) is 4.79 Å². The molecule has 8 heteroatoms. The van der Waals surface area contributed by atoms with Crippen molar-refractivity contribution in [1.29, 1.82) is 0 Å². The first-order valence-corrected chi connectivity index (χ1v) is 10.0. The zero-order valence-corrected chi connectivity index (χ0v) is 16.1. The molecule has 2 aliphatic rings. The standard InChI is InChI=1S/C20H25N7O/c1-26-9-13(8-23-26)15-10-27(11-18-20(15)22-12-21-18)19(28)7-6-17-14-4-2-3-5-16(14)24-25-17/h8-9,12,15H,2-7,10-11H2,1H3,(H,21,22)(H,24,25). The Morgan fingerprint density at radius 3 is 3.04 bits per heavy atom. The van der Waals surface area contributed by atoms with Crippen molar-refractivity contribution in [1.82, 2.24) is 34.8 Å². The van der Waals surface area contributed by atoms with E-state index in [2.05, 4.69) is 25.3 Å². The highest BCUT2D eigenvalue weighted by Gasteiger charge is 2.32. The first kappa shape index (κ1) is 17.2. The Morgan fingerprint density at radius 2 is 2.18 bits per heavy atom. The fourth-order valence-corrected chi connectivity index (χ4v) is 4.53. The fraction of sp³-hybridized carbons (Fsp3) is 0.500. The Balaban J connectivity index is 1.31. The van der Waals surface area contributed by atoms with Crippen molar-refractivity contribution in [2.75, 3.05) is 6.54 Å². The van der Waals surface area contributed by atoms with E-state index in [1.807, 2.05) is 24.3 Å². The number of hydrogen-bond acceptors (Lipinski definition) is 4. The molecule has 1 unspecified atom stereocenters. The lowest BCUT2D eigenvalue weighted by molar-refractivity contribution is -0.132. The second-order valence-corrected chi connectivity index (χ2v) is 7.88. The molecule has 0 fully saturated rings. The number of aromatic nitrogens is 6. The maximum Gasteiger partial charge on any atom is 0.223 e. The largest absolute Gasteiger partial charge is 0.347 e. The number of nitrogens with zero attached hydrogens (tertiary/aromatic N) is 5. The first-order chi connectivity index (χ1) is 13.7. The van der Waals surface area contributed by atoms with Gasteiger partial charge in [-0.2, -0.15) is 10.2 Å². The van der Waals surface area contributed by atoms with Crippen LogP contribution in [0.2, 0.25) is 0 Å². The van der Waals surface area contributed by atoms with Crippen molar-refractivity contribution < 1.29 is 4.79 Å². The summed E-state index contributed by atoms with van der Waals surface area (Å²) >= 11 is 0. The molecule has 0 spiro atoms. The van der Waals surface area contributed by atoms with Gasteiger partial charge in [-0.15, -0.1) is 0 Å². The van der Waals surface area contributed by atoms with Crippen molar-refractivity contribution in [3.63, 3.8) is 0 Å². The highest BCUT2D eigenvalue weighted by atomic mass is 16.2. The van der Waals surface area contributed by atoms with E-state index in [0.29, 0.717) is 25.9 Å². The van der Waals surface area contributed by atoms with Crippen LogP contribution in [0.1, 0.15) is 59.1 Å². The van der Waals surface area contributed by atoms with Crippen molar-refractivity contribution in [2.24, 2.45) is 7.05 Å². The maximum atomic E-state index is 13.0. The second kappa shape index (κ2) is 6.92. The predicted molar refractivity (Wildman–Crippen MR) is 103 cm³/mol. The zero-order chi connectivity index (χ0) is 19.1. The van der Waals surface area contributed by atoms with E-state index in [0.717, 1.165) is 35.5 Å². The Bertz CT molecular complexity index is 998. The smallest absolute Gasteiger partial charge is 0.223 e. The Morgan fingerprint density at radius 1 is 1.29 bits per heavy atom. The molecule has 0 aromatic carbocycles. The SMILES string of the molecule is Cn1cc(C2CN(C(=O)CCc3n[nH]c4c3CCCC4)Cc3[nH]cnc32)cn1. The molecule has 1 aliphatic carbocycles. The molecular weight excluding hydrogens is 354 g/mol. The van der Waals surface area contributed by atoms with Gasteiger partial charge in [-0.3, -0.25) is 14.6 Å². The molecule has 28 heavy (non-hydrogen) atoms. The number of aromatic amines is 2. The fourth-order valence-electron chi connectivity index (χ4n) is 4.53. The minimum absolute atomic E-state index is 0.0609. The van der Waals surface area contributed by atoms with Crippen LogP contribution < -0.4 is 0 Å². The van der Waals surface area contributed by atoms with Crippen LogP contribution in [0, 0.1) is 0 Å². The quantitative estimate of drug-likeness (QED) is 0.723. The molecule has 8 nitrogen and oxygen atoms in total. The van der Waals surface area contributed by atoms with E-state index >= 15 is 0 Å². The molecule has 1 atom stereocenters. The van der Waals surface area contributed by atoms with E-state index < -0.39 is 0 Å². The molecule has 2 N–H and O–H groups in total. The number of aryl methyl sites for hydroxylation is 3. The lowest BCUT2D eigenvalue weighted by Crippen LogP contribution is -2.38. The molecule has 0 radical (unpaired) electrons. The van der Waals surface area contributed by atoms with E-state index in [1.165, 1.54) is 24.1 Å². The summed E-state index contributed by atoms with van der Waals surface area (Å²) < 4.78 is 1.79. The van der Waals surface area contributed by atoms with Crippen LogP contribution in [0.4, 0.5) is 0 Å². The summed E-state index contributed by atoms with van der Waals surface area (Å²) in [6, 6.07) is 0. The summed E-state index contributed by atoms with van der Waals surface area (Å²) in [4.78, 5) is 22.7. The minimum Gasteiger partial charge on any atom is -0.347 e. The van der Waals surface area contributed by atoms with Gasteiger partial charge in [-0.05, 0) is 31.2 Å². The molecule has 1 aliphatic heterocycles. The highest BCUT2D eigenvalue weighted by Crippen LogP contribution is 2.31. The summed E-state index contributed by atoms with van der Waals surface area (Å²) in [7, 11) is 1.91. The van der Waals surface area contributed by atoms with Gasteiger partial charge in [0.25, 0.3) is 0 Å². The molecular formula is C20H25N7O. The van der Waals surface area contributed by atoms with Crippen LogP contribution in [0.3, 0.4) is 0 Å². The van der Waals surface area contributed by atoms with Gasteiger partial charge in [0.1, 0.15) is 0 Å². The number of hydrogen-bond donors (Lipinski definition) is 2. The van der Waals surface area contributed by atoms with E-state index in [4.69, 9.17) is 0 Å². The number of amides is 1. The predicted octanol–water partition coefficient (Wildman–Crippen LogP) is 1.85. The number of H-pyrrole nitrogens is 2. The normalized spacial score (nSPS) is 18.8. The van der Waals surface area contributed by atoms with Gasteiger partial charge >= 0.3 is 0 Å². The van der Waals surface area contributed by atoms with Gasteiger partial charge in [0.05, 0.1) is 36.2 Å². The molecule has 1 amide bonds. The number of imidazole rings is 1. The van der Waals surface area contributed by atoms with Gasteiger partial charge in [-0.1, -0.05) is 0 Å². The van der Waals surface area contributed by atoms with Crippen molar-refractivity contribution in [3.8, 4) is 0 Å². The summed E-state index contributed by atoms with van der Waals surface area (Å²) in [6.45, 7) is 1.23. The molecule has 0 bridgehead atoms. The van der Waals surface area contributed by atoms with Crippen molar-refractivity contribution in [3.05, 3.63) is 52.6 Å². The number of carbonyl (C=O) groups is 1. The lowest BCUT2D eigenvalue weighted by Gasteiger charge is -2.31. The number of fused-ring (bicyclic) bond motifs is 2. The van der Waals surface area contributed by atoms with Crippen LogP contribution in [0.15, 0.2) is 18.7 Å². The highest BCUT2D eigenvalue weighted by molar-refractivity contribution is 5.77. The average Bonchev–Trinajstić information content (AvgIpc) is 3.44. The van der Waals surface area contributed by atoms with Crippen LogP contribution in [-0.2, 0) is 37.6 Å². The lowest BCUT2D eigenvalue weighted by atomic mass is 9.92. The Labute approximate surface area is 163 Å².